The largest absolute Gasteiger partial charge is 0.301 e. The van der Waals surface area contributed by atoms with Crippen molar-refractivity contribution in [3.63, 3.8) is 0 Å². The van der Waals surface area contributed by atoms with Crippen LogP contribution in [0.3, 0.4) is 0 Å². The molecule has 0 saturated heterocycles. The molecule has 0 fully saturated rings. The number of hydrogen-bond acceptors (Lipinski definition) is 5. The first-order valence-electron chi connectivity index (χ1n) is 9.67. The molecular formula is C23H19N3O3S. The summed E-state index contributed by atoms with van der Waals surface area (Å²) in [4.78, 5) is 12.9. The van der Waals surface area contributed by atoms with Crippen molar-refractivity contribution in [2.24, 2.45) is 5.10 Å². The van der Waals surface area contributed by atoms with Crippen LogP contribution in [0.25, 0.3) is 11.1 Å². The Balaban J connectivity index is 1.43. The summed E-state index contributed by atoms with van der Waals surface area (Å²) in [6.07, 6.45) is 0.422. The van der Waals surface area contributed by atoms with Gasteiger partial charge in [-0.2, -0.15) is 5.10 Å². The highest BCUT2D eigenvalue weighted by atomic mass is 32.2. The molecule has 2 heterocycles. The standard InChI is InChI=1S/C23H19N3O3S/c27-23-20(24-14-15-6-2-1-3-7-15)13-19(25-26-23)16-10-11-22-18(12-16)17-8-4-5-9-21(17)30(22,28)29/h1-12,20,24H,13-14H2,(H,26,27). The first-order chi connectivity index (χ1) is 14.5. The Labute approximate surface area is 174 Å². The molecule has 150 valence electrons. The number of carbonyl (C=O) groups excluding carboxylic acids is 1. The smallest absolute Gasteiger partial charge is 0.257 e. The van der Waals surface area contributed by atoms with Gasteiger partial charge in [-0.3, -0.25) is 4.79 Å². The van der Waals surface area contributed by atoms with Crippen LogP contribution in [0.1, 0.15) is 17.5 Å². The molecule has 1 atom stereocenters. The summed E-state index contributed by atoms with van der Waals surface area (Å²) < 4.78 is 25.6. The summed E-state index contributed by atoms with van der Waals surface area (Å²) in [5.41, 5.74) is 6.57. The molecule has 1 amide bonds. The van der Waals surface area contributed by atoms with Gasteiger partial charge in [0.25, 0.3) is 5.91 Å². The van der Waals surface area contributed by atoms with E-state index in [2.05, 4.69) is 15.8 Å². The number of benzene rings is 3. The second kappa shape index (κ2) is 7.19. The zero-order valence-electron chi connectivity index (χ0n) is 16.0. The van der Waals surface area contributed by atoms with Gasteiger partial charge in [0.15, 0.2) is 0 Å². The van der Waals surface area contributed by atoms with Crippen LogP contribution in [-0.2, 0) is 21.2 Å². The Morgan fingerprint density at radius 3 is 2.50 bits per heavy atom. The van der Waals surface area contributed by atoms with Crippen LogP contribution in [0.4, 0.5) is 0 Å². The van der Waals surface area contributed by atoms with Crippen molar-refractivity contribution in [3.8, 4) is 11.1 Å². The van der Waals surface area contributed by atoms with Crippen molar-refractivity contribution >= 4 is 21.5 Å². The van der Waals surface area contributed by atoms with Crippen molar-refractivity contribution in [1.82, 2.24) is 10.7 Å². The third kappa shape index (κ3) is 3.12. The molecule has 3 aromatic rings. The van der Waals surface area contributed by atoms with E-state index in [0.29, 0.717) is 39.6 Å². The number of hydrazone groups is 1. The maximum Gasteiger partial charge on any atom is 0.257 e. The predicted octanol–water partition coefficient (Wildman–Crippen LogP) is 2.88. The minimum Gasteiger partial charge on any atom is -0.301 e. The van der Waals surface area contributed by atoms with E-state index in [4.69, 9.17) is 0 Å². The lowest BCUT2D eigenvalue weighted by Crippen LogP contribution is -2.47. The van der Waals surface area contributed by atoms with E-state index < -0.39 is 15.9 Å². The SMILES string of the molecule is O=C1NN=C(c2ccc3c(c2)-c2ccccc2S3(=O)=O)CC1NCc1ccccc1. The number of sulfone groups is 1. The number of hydrogen-bond donors (Lipinski definition) is 2. The van der Waals surface area contributed by atoms with Crippen molar-refractivity contribution < 1.29 is 13.2 Å². The predicted molar refractivity (Wildman–Crippen MR) is 114 cm³/mol. The highest BCUT2D eigenvalue weighted by Crippen LogP contribution is 2.43. The molecule has 7 heteroatoms. The first-order valence-corrected chi connectivity index (χ1v) is 11.1. The molecule has 3 aromatic carbocycles. The third-order valence-electron chi connectivity index (χ3n) is 5.48. The van der Waals surface area contributed by atoms with Gasteiger partial charge in [0.05, 0.1) is 21.5 Å². The van der Waals surface area contributed by atoms with Gasteiger partial charge in [0.2, 0.25) is 9.84 Å². The van der Waals surface area contributed by atoms with E-state index in [1.165, 1.54) is 0 Å². The van der Waals surface area contributed by atoms with Gasteiger partial charge in [0.1, 0.15) is 0 Å². The molecule has 1 unspecified atom stereocenters. The van der Waals surface area contributed by atoms with Gasteiger partial charge in [-0.05, 0) is 29.3 Å². The molecule has 2 aliphatic rings. The van der Waals surface area contributed by atoms with Gasteiger partial charge in [0, 0.05) is 24.1 Å². The fourth-order valence-electron chi connectivity index (χ4n) is 3.91. The van der Waals surface area contributed by atoms with Crippen LogP contribution >= 0.6 is 0 Å². The lowest BCUT2D eigenvalue weighted by Gasteiger charge is -2.23. The van der Waals surface area contributed by atoms with Gasteiger partial charge < -0.3 is 5.32 Å². The summed E-state index contributed by atoms with van der Waals surface area (Å²) >= 11 is 0. The summed E-state index contributed by atoms with van der Waals surface area (Å²) in [5.74, 6) is -0.177. The first kappa shape index (κ1) is 18.7. The average Bonchev–Trinajstić information content (AvgIpc) is 3.01. The van der Waals surface area contributed by atoms with Gasteiger partial charge in [-0.1, -0.05) is 54.6 Å². The number of rotatable bonds is 4. The zero-order chi connectivity index (χ0) is 20.7. The minimum atomic E-state index is -3.49. The fraction of sp³-hybridized carbons (Fsp3) is 0.130. The Morgan fingerprint density at radius 2 is 1.67 bits per heavy atom. The molecule has 0 bridgehead atoms. The Hall–Kier alpha value is -3.29. The minimum absolute atomic E-state index is 0.177. The van der Waals surface area contributed by atoms with Crippen molar-refractivity contribution in [2.75, 3.05) is 0 Å². The fourth-order valence-corrected chi connectivity index (χ4v) is 5.58. The molecule has 5 rings (SSSR count). The highest BCUT2D eigenvalue weighted by Gasteiger charge is 2.33. The molecule has 0 aromatic heterocycles. The molecule has 0 radical (unpaired) electrons. The molecule has 0 saturated carbocycles. The number of amides is 1. The van der Waals surface area contributed by atoms with Gasteiger partial charge in [-0.15, -0.1) is 0 Å². The Morgan fingerprint density at radius 1 is 0.933 bits per heavy atom. The van der Waals surface area contributed by atoms with Crippen LogP contribution in [0.2, 0.25) is 0 Å². The molecular weight excluding hydrogens is 398 g/mol. The van der Waals surface area contributed by atoms with E-state index in [0.717, 1.165) is 11.1 Å². The second-order valence-corrected chi connectivity index (χ2v) is 9.25. The number of fused-ring (bicyclic) bond motifs is 3. The molecule has 0 aliphatic carbocycles. The second-order valence-electron chi connectivity index (χ2n) is 7.37. The van der Waals surface area contributed by atoms with Crippen LogP contribution in [0.5, 0.6) is 0 Å². The van der Waals surface area contributed by atoms with Crippen molar-refractivity contribution in [1.29, 1.82) is 0 Å². The topological polar surface area (TPSA) is 87.6 Å². The summed E-state index contributed by atoms with van der Waals surface area (Å²) in [6.45, 7) is 0.571. The van der Waals surface area contributed by atoms with E-state index in [1.54, 1.807) is 24.3 Å². The monoisotopic (exact) mass is 417 g/mol. The summed E-state index contributed by atoms with van der Waals surface area (Å²) in [7, 11) is -3.49. The van der Waals surface area contributed by atoms with Gasteiger partial charge >= 0.3 is 0 Å². The average molecular weight is 417 g/mol. The number of carbonyl (C=O) groups is 1. The van der Waals surface area contributed by atoms with Crippen LogP contribution in [-0.4, -0.2) is 26.1 Å². The van der Waals surface area contributed by atoms with Crippen LogP contribution in [0, 0.1) is 0 Å². The molecule has 2 N–H and O–H groups in total. The van der Waals surface area contributed by atoms with Gasteiger partial charge in [-0.25, -0.2) is 13.8 Å². The summed E-state index contributed by atoms with van der Waals surface area (Å²) in [6, 6.07) is 21.7. The summed E-state index contributed by atoms with van der Waals surface area (Å²) in [5, 5.41) is 7.51. The molecule has 30 heavy (non-hydrogen) atoms. The Bertz CT molecular complexity index is 1280. The van der Waals surface area contributed by atoms with Crippen molar-refractivity contribution in [3.05, 3.63) is 83.9 Å². The van der Waals surface area contributed by atoms with E-state index in [-0.39, 0.29) is 5.91 Å². The Kier molecular flexibility index (Phi) is 4.49. The zero-order valence-corrected chi connectivity index (χ0v) is 16.8. The highest BCUT2D eigenvalue weighted by molar-refractivity contribution is 7.92. The quantitative estimate of drug-likeness (QED) is 0.535. The van der Waals surface area contributed by atoms with E-state index >= 15 is 0 Å². The number of nitrogens with one attached hydrogen (secondary N) is 2. The maximum absolute atomic E-state index is 12.8. The lowest BCUT2D eigenvalue weighted by molar-refractivity contribution is -0.123. The molecule has 6 nitrogen and oxygen atoms in total. The van der Waals surface area contributed by atoms with E-state index in [1.807, 2.05) is 48.5 Å². The third-order valence-corrected chi connectivity index (χ3v) is 7.35. The molecule has 0 spiro atoms. The van der Waals surface area contributed by atoms with Crippen LogP contribution in [0.15, 0.2) is 87.7 Å². The van der Waals surface area contributed by atoms with Crippen molar-refractivity contribution in [2.45, 2.75) is 28.8 Å². The van der Waals surface area contributed by atoms with E-state index in [9.17, 15) is 13.2 Å². The maximum atomic E-state index is 12.8. The normalized spacial score (nSPS) is 18.9. The number of nitrogens with zero attached hydrogens (tertiary/aromatic N) is 1. The lowest BCUT2D eigenvalue weighted by atomic mass is 9.97. The van der Waals surface area contributed by atoms with Crippen LogP contribution < -0.4 is 10.7 Å². The molecule has 2 aliphatic heterocycles.